The van der Waals surface area contributed by atoms with Crippen LogP contribution in [-0.2, 0) is 5.41 Å². The molecule has 19 heavy (non-hydrogen) atoms. The van der Waals surface area contributed by atoms with Crippen LogP contribution in [0.4, 0.5) is 0 Å². The van der Waals surface area contributed by atoms with Gasteiger partial charge in [-0.05, 0) is 42.1 Å². The van der Waals surface area contributed by atoms with Crippen molar-refractivity contribution in [2.75, 3.05) is 11.5 Å². The Hall–Kier alpha value is -0.470. The molecule has 106 valence electrons. The van der Waals surface area contributed by atoms with E-state index >= 15 is 0 Å². The third kappa shape index (κ3) is 3.55. The van der Waals surface area contributed by atoms with Gasteiger partial charge in [-0.15, -0.1) is 0 Å². The number of thioether (sulfide) groups is 1. The summed E-state index contributed by atoms with van der Waals surface area (Å²) in [6, 6.07) is 10.1. The zero-order valence-electron chi connectivity index (χ0n) is 12.7. The van der Waals surface area contributed by atoms with Crippen LogP contribution >= 0.6 is 11.8 Å². The molecule has 1 aromatic rings. The number of hydrogen-bond donors (Lipinski definition) is 1. The second-order valence-electron chi connectivity index (χ2n) is 6.29. The van der Waals surface area contributed by atoms with E-state index in [2.05, 4.69) is 57.3 Å². The van der Waals surface area contributed by atoms with Gasteiger partial charge in [-0.25, -0.2) is 0 Å². The summed E-state index contributed by atoms with van der Waals surface area (Å²) < 4.78 is 0. The molecule has 2 atom stereocenters. The van der Waals surface area contributed by atoms with Crippen LogP contribution in [0.25, 0.3) is 0 Å². The molecular formula is C17H27NS. The van der Waals surface area contributed by atoms with Gasteiger partial charge in [0.05, 0.1) is 0 Å². The van der Waals surface area contributed by atoms with E-state index in [9.17, 15) is 0 Å². The molecule has 0 saturated heterocycles. The van der Waals surface area contributed by atoms with Gasteiger partial charge in [0.2, 0.25) is 0 Å². The molecular weight excluding hydrogens is 250 g/mol. The number of benzene rings is 1. The molecule has 0 bridgehead atoms. The van der Waals surface area contributed by atoms with Crippen LogP contribution in [0.2, 0.25) is 0 Å². The summed E-state index contributed by atoms with van der Waals surface area (Å²) in [5.74, 6) is 2.42. The molecule has 0 fully saturated rings. The highest BCUT2D eigenvalue weighted by atomic mass is 32.2. The number of hydrogen-bond acceptors (Lipinski definition) is 2. The smallest absolute Gasteiger partial charge is 0.0326 e. The third-order valence-corrected chi connectivity index (χ3v) is 5.32. The first kappa shape index (κ1) is 14.9. The first-order chi connectivity index (χ1) is 9.04. The Bertz CT molecular complexity index is 413. The van der Waals surface area contributed by atoms with Crippen molar-refractivity contribution in [1.29, 1.82) is 0 Å². The third-order valence-electron chi connectivity index (χ3n) is 4.18. The molecule has 0 aromatic heterocycles. The molecule has 0 amide bonds. The van der Waals surface area contributed by atoms with Gasteiger partial charge in [-0.1, -0.05) is 45.0 Å². The van der Waals surface area contributed by atoms with Crippen molar-refractivity contribution in [3.8, 4) is 0 Å². The maximum atomic E-state index is 3.83. The van der Waals surface area contributed by atoms with E-state index in [1.54, 1.807) is 0 Å². The van der Waals surface area contributed by atoms with Gasteiger partial charge in [0.1, 0.15) is 0 Å². The minimum atomic E-state index is 0.330. The average Bonchev–Trinajstić information content (AvgIpc) is 2.40. The van der Waals surface area contributed by atoms with Crippen LogP contribution in [0, 0.1) is 0 Å². The standard InChI is InChI=1S/C17H27NS/c1-5-19-12-13(2)18-16-10-11-17(3,4)15-9-7-6-8-14(15)16/h6-9,13,16,18H,5,10-12H2,1-4H3. The molecule has 0 heterocycles. The van der Waals surface area contributed by atoms with Crippen molar-refractivity contribution in [2.45, 2.75) is 58.0 Å². The van der Waals surface area contributed by atoms with E-state index in [-0.39, 0.29) is 0 Å². The van der Waals surface area contributed by atoms with Crippen LogP contribution in [0.5, 0.6) is 0 Å². The minimum absolute atomic E-state index is 0.330. The van der Waals surface area contributed by atoms with Gasteiger partial charge >= 0.3 is 0 Å². The molecule has 0 aliphatic heterocycles. The summed E-state index contributed by atoms with van der Waals surface area (Å²) >= 11 is 2.02. The molecule has 2 rings (SSSR count). The SMILES string of the molecule is CCSCC(C)NC1CCC(C)(C)c2ccccc21. The van der Waals surface area contributed by atoms with E-state index in [0.717, 1.165) is 0 Å². The van der Waals surface area contributed by atoms with Crippen LogP contribution < -0.4 is 5.32 Å². The molecule has 1 aliphatic rings. The lowest BCUT2D eigenvalue weighted by molar-refractivity contribution is 0.345. The topological polar surface area (TPSA) is 12.0 Å². The molecule has 0 saturated carbocycles. The zero-order chi connectivity index (χ0) is 13.9. The monoisotopic (exact) mass is 277 g/mol. The Labute approximate surface area is 122 Å². The van der Waals surface area contributed by atoms with Crippen LogP contribution in [0.3, 0.4) is 0 Å². The largest absolute Gasteiger partial charge is 0.307 e. The van der Waals surface area contributed by atoms with E-state index in [0.29, 0.717) is 17.5 Å². The second kappa shape index (κ2) is 6.32. The molecule has 1 nitrogen and oxygen atoms in total. The van der Waals surface area contributed by atoms with Gasteiger partial charge < -0.3 is 5.32 Å². The predicted octanol–water partition coefficient (Wildman–Crippen LogP) is 4.53. The summed E-state index contributed by atoms with van der Waals surface area (Å²) in [5.41, 5.74) is 3.39. The van der Waals surface area contributed by atoms with E-state index in [4.69, 9.17) is 0 Å². The Morgan fingerprint density at radius 3 is 2.84 bits per heavy atom. The van der Waals surface area contributed by atoms with Crippen LogP contribution in [0.1, 0.15) is 57.7 Å². The second-order valence-corrected chi connectivity index (χ2v) is 7.61. The Balaban J connectivity index is 2.12. The van der Waals surface area contributed by atoms with Crippen molar-refractivity contribution in [3.05, 3.63) is 35.4 Å². The zero-order valence-corrected chi connectivity index (χ0v) is 13.5. The fourth-order valence-electron chi connectivity index (χ4n) is 3.07. The van der Waals surface area contributed by atoms with Crippen molar-refractivity contribution in [2.24, 2.45) is 0 Å². The summed E-state index contributed by atoms with van der Waals surface area (Å²) in [4.78, 5) is 0. The fourth-order valence-corrected chi connectivity index (χ4v) is 3.76. The Morgan fingerprint density at radius 2 is 2.11 bits per heavy atom. The molecule has 0 radical (unpaired) electrons. The van der Waals surface area contributed by atoms with Gasteiger partial charge in [-0.3, -0.25) is 0 Å². The Kier molecular flexibility index (Phi) is 4.97. The molecule has 1 aliphatic carbocycles. The van der Waals surface area contributed by atoms with Gasteiger partial charge in [0.25, 0.3) is 0 Å². The van der Waals surface area contributed by atoms with Gasteiger partial charge in [0, 0.05) is 17.8 Å². The maximum Gasteiger partial charge on any atom is 0.0326 e. The quantitative estimate of drug-likeness (QED) is 0.848. The maximum absolute atomic E-state index is 3.83. The first-order valence-electron chi connectivity index (χ1n) is 7.48. The summed E-state index contributed by atoms with van der Waals surface area (Å²) in [5, 5.41) is 3.83. The lowest BCUT2D eigenvalue weighted by Crippen LogP contribution is -2.37. The highest BCUT2D eigenvalue weighted by molar-refractivity contribution is 7.99. The van der Waals surface area contributed by atoms with Crippen LogP contribution in [0.15, 0.2) is 24.3 Å². The van der Waals surface area contributed by atoms with Crippen molar-refractivity contribution in [3.63, 3.8) is 0 Å². The first-order valence-corrected chi connectivity index (χ1v) is 8.63. The van der Waals surface area contributed by atoms with Gasteiger partial charge in [0.15, 0.2) is 0 Å². The molecule has 2 unspecified atom stereocenters. The molecule has 0 spiro atoms. The highest BCUT2D eigenvalue weighted by Gasteiger charge is 2.32. The summed E-state index contributed by atoms with van der Waals surface area (Å²) in [6.45, 7) is 9.29. The molecule has 1 N–H and O–H groups in total. The lowest BCUT2D eigenvalue weighted by Gasteiger charge is -2.38. The lowest BCUT2D eigenvalue weighted by atomic mass is 9.71. The van der Waals surface area contributed by atoms with Crippen molar-refractivity contribution < 1.29 is 0 Å². The van der Waals surface area contributed by atoms with E-state index < -0.39 is 0 Å². The highest BCUT2D eigenvalue weighted by Crippen LogP contribution is 2.41. The van der Waals surface area contributed by atoms with Crippen LogP contribution in [-0.4, -0.2) is 17.5 Å². The molecule has 2 heteroatoms. The van der Waals surface area contributed by atoms with Gasteiger partial charge in [-0.2, -0.15) is 11.8 Å². The Morgan fingerprint density at radius 1 is 1.37 bits per heavy atom. The number of nitrogens with one attached hydrogen (secondary N) is 1. The summed E-state index contributed by atoms with van der Waals surface area (Å²) in [6.07, 6.45) is 2.53. The number of fused-ring (bicyclic) bond motifs is 1. The van der Waals surface area contributed by atoms with E-state index in [1.165, 1.54) is 35.5 Å². The van der Waals surface area contributed by atoms with Crippen molar-refractivity contribution in [1.82, 2.24) is 5.32 Å². The van der Waals surface area contributed by atoms with E-state index in [1.807, 2.05) is 11.8 Å². The average molecular weight is 277 g/mol. The normalized spacial score (nSPS) is 22.8. The fraction of sp³-hybridized carbons (Fsp3) is 0.647. The molecule has 1 aromatic carbocycles. The van der Waals surface area contributed by atoms with Crippen molar-refractivity contribution >= 4 is 11.8 Å². The minimum Gasteiger partial charge on any atom is -0.307 e. The number of rotatable bonds is 5. The summed E-state index contributed by atoms with van der Waals surface area (Å²) in [7, 11) is 0. The predicted molar refractivity (Wildman–Crippen MR) is 87.0 cm³/mol.